The smallest absolute Gasteiger partial charge is 0.0757 e. The Morgan fingerprint density at radius 3 is 2.89 bits per heavy atom. The molecule has 1 aromatic heterocycles. The van der Waals surface area contributed by atoms with Crippen molar-refractivity contribution in [3.05, 3.63) is 21.4 Å². The molecule has 2 rings (SSSR count). The van der Waals surface area contributed by atoms with E-state index in [1.807, 2.05) is 18.4 Å². The van der Waals surface area contributed by atoms with E-state index in [4.69, 9.17) is 4.74 Å². The minimum atomic E-state index is -0.0323. The van der Waals surface area contributed by atoms with Crippen LogP contribution in [0.3, 0.4) is 0 Å². The first kappa shape index (κ1) is 15.0. The highest BCUT2D eigenvalue weighted by molar-refractivity contribution is 7.12. The second kappa shape index (κ2) is 5.92. The van der Waals surface area contributed by atoms with Crippen LogP contribution < -0.4 is 5.32 Å². The summed E-state index contributed by atoms with van der Waals surface area (Å²) in [6, 6.07) is 2.35. The molecule has 1 atom stereocenters. The lowest BCUT2D eigenvalue weighted by molar-refractivity contribution is -0.130. The van der Waals surface area contributed by atoms with Crippen LogP contribution in [-0.2, 0) is 17.8 Å². The number of aryl methyl sites for hydroxylation is 1. The molecule has 1 aliphatic heterocycles. The molecule has 3 nitrogen and oxygen atoms in total. The van der Waals surface area contributed by atoms with Gasteiger partial charge in [0.05, 0.1) is 11.7 Å². The van der Waals surface area contributed by atoms with Crippen LogP contribution in [0.2, 0.25) is 0 Å². The van der Waals surface area contributed by atoms with E-state index in [1.54, 1.807) is 0 Å². The van der Waals surface area contributed by atoms with Crippen molar-refractivity contribution < 1.29 is 4.74 Å². The fourth-order valence-electron chi connectivity index (χ4n) is 2.95. The molecule has 0 saturated carbocycles. The van der Waals surface area contributed by atoms with Crippen LogP contribution >= 0.6 is 11.3 Å². The van der Waals surface area contributed by atoms with E-state index in [0.29, 0.717) is 6.10 Å². The third kappa shape index (κ3) is 4.02. The van der Waals surface area contributed by atoms with Crippen LogP contribution in [0.1, 0.15) is 36.1 Å². The van der Waals surface area contributed by atoms with Crippen LogP contribution in [0.15, 0.2) is 6.07 Å². The Hall–Kier alpha value is -0.420. The van der Waals surface area contributed by atoms with Gasteiger partial charge in [0.25, 0.3) is 0 Å². The molecule has 1 N–H and O–H groups in total. The van der Waals surface area contributed by atoms with Gasteiger partial charge in [-0.3, -0.25) is 4.90 Å². The molecule has 1 saturated heterocycles. The number of hydrogen-bond donors (Lipinski definition) is 1. The molecule has 4 heteroatoms. The number of rotatable bonds is 4. The number of thiophene rings is 1. The Morgan fingerprint density at radius 2 is 2.26 bits per heavy atom. The molecular weight excluding hydrogens is 256 g/mol. The number of morpholine rings is 1. The SMILES string of the molecule is CNCc1cc(CN2CC(C)OC(C)(C)C2)c(C)s1. The summed E-state index contributed by atoms with van der Waals surface area (Å²) in [6.07, 6.45) is 0.319. The molecule has 0 aromatic carbocycles. The largest absolute Gasteiger partial charge is 0.370 e. The highest BCUT2D eigenvalue weighted by atomic mass is 32.1. The number of nitrogens with one attached hydrogen (secondary N) is 1. The molecule has 0 spiro atoms. The lowest BCUT2D eigenvalue weighted by Gasteiger charge is -2.41. The van der Waals surface area contributed by atoms with Gasteiger partial charge < -0.3 is 10.1 Å². The molecule has 2 heterocycles. The average Bonchev–Trinajstić information content (AvgIpc) is 2.56. The monoisotopic (exact) mass is 282 g/mol. The van der Waals surface area contributed by atoms with E-state index in [2.05, 4.69) is 44.0 Å². The van der Waals surface area contributed by atoms with E-state index in [9.17, 15) is 0 Å². The van der Waals surface area contributed by atoms with Gasteiger partial charge in [-0.05, 0) is 46.4 Å². The van der Waals surface area contributed by atoms with Crippen molar-refractivity contribution in [1.29, 1.82) is 0 Å². The highest BCUT2D eigenvalue weighted by Crippen LogP contribution is 2.26. The van der Waals surface area contributed by atoms with Gasteiger partial charge in [0.2, 0.25) is 0 Å². The van der Waals surface area contributed by atoms with Crippen molar-refractivity contribution in [3.8, 4) is 0 Å². The van der Waals surface area contributed by atoms with E-state index >= 15 is 0 Å². The zero-order valence-electron chi connectivity index (χ0n) is 12.7. The predicted octanol–water partition coefficient (Wildman–Crippen LogP) is 2.78. The molecule has 1 fully saturated rings. The van der Waals surface area contributed by atoms with E-state index in [0.717, 1.165) is 26.2 Å². The molecule has 0 radical (unpaired) electrons. The normalized spacial score (nSPS) is 23.7. The fourth-order valence-corrected chi connectivity index (χ4v) is 4.02. The second-order valence-electron chi connectivity index (χ2n) is 6.18. The minimum absolute atomic E-state index is 0.0323. The zero-order chi connectivity index (χ0) is 14.0. The summed E-state index contributed by atoms with van der Waals surface area (Å²) in [6.45, 7) is 12.8. The van der Waals surface area contributed by atoms with Gasteiger partial charge in [-0.1, -0.05) is 0 Å². The van der Waals surface area contributed by atoms with Crippen LogP contribution in [0.4, 0.5) is 0 Å². The number of hydrogen-bond acceptors (Lipinski definition) is 4. The molecule has 0 amide bonds. The maximum absolute atomic E-state index is 5.97. The van der Waals surface area contributed by atoms with Crippen molar-refractivity contribution in [2.75, 3.05) is 20.1 Å². The maximum atomic E-state index is 5.97. The van der Waals surface area contributed by atoms with Crippen LogP contribution in [0.25, 0.3) is 0 Å². The second-order valence-corrected chi connectivity index (χ2v) is 7.52. The molecule has 0 aliphatic carbocycles. The Morgan fingerprint density at radius 1 is 1.53 bits per heavy atom. The number of nitrogens with zero attached hydrogens (tertiary/aromatic N) is 1. The standard InChI is InChI=1S/C15H26N2OS/c1-11-8-17(10-15(3,4)18-11)9-13-6-14(7-16-5)19-12(13)2/h6,11,16H,7-10H2,1-5H3. The topological polar surface area (TPSA) is 24.5 Å². The first-order chi connectivity index (χ1) is 8.89. The van der Waals surface area contributed by atoms with Gasteiger partial charge in [-0.25, -0.2) is 0 Å². The van der Waals surface area contributed by atoms with Crippen molar-refractivity contribution in [3.63, 3.8) is 0 Å². The molecule has 1 aromatic rings. The van der Waals surface area contributed by atoms with E-state index in [1.165, 1.54) is 15.3 Å². The lowest BCUT2D eigenvalue weighted by Crippen LogP contribution is -2.51. The Labute approximate surface area is 121 Å². The Bertz CT molecular complexity index is 428. The zero-order valence-corrected chi connectivity index (χ0v) is 13.6. The van der Waals surface area contributed by atoms with Gasteiger partial charge in [-0.2, -0.15) is 0 Å². The predicted molar refractivity (Wildman–Crippen MR) is 81.7 cm³/mol. The van der Waals surface area contributed by atoms with Gasteiger partial charge in [0.15, 0.2) is 0 Å². The number of ether oxygens (including phenoxy) is 1. The summed E-state index contributed by atoms with van der Waals surface area (Å²) >= 11 is 1.91. The Kier molecular flexibility index (Phi) is 4.66. The minimum Gasteiger partial charge on any atom is -0.370 e. The molecular formula is C15H26N2OS. The summed E-state index contributed by atoms with van der Waals surface area (Å²) in [5, 5.41) is 3.23. The van der Waals surface area contributed by atoms with Crippen LogP contribution in [-0.4, -0.2) is 36.7 Å². The van der Waals surface area contributed by atoms with E-state index < -0.39 is 0 Å². The molecule has 108 valence electrons. The Balaban J connectivity index is 2.04. The summed E-state index contributed by atoms with van der Waals surface area (Å²) in [5.74, 6) is 0. The quantitative estimate of drug-likeness (QED) is 0.919. The van der Waals surface area contributed by atoms with Gasteiger partial charge in [0, 0.05) is 35.9 Å². The first-order valence-corrected chi connectivity index (χ1v) is 7.84. The van der Waals surface area contributed by atoms with Crippen molar-refractivity contribution >= 4 is 11.3 Å². The molecule has 0 bridgehead atoms. The third-order valence-electron chi connectivity index (χ3n) is 3.46. The third-order valence-corrected chi connectivity index (χ3v) is 4.55. The maximum Gasteiger partial charge on any atom is 0.0757 e. The summed E-state index contributed by atoms with van der Waals surface area (Å²) < 4.78 is 5.97. The summed E-state index contributed by atoms with van der Waals surface area (Å²) in [4.78, 5) is 5.39. The molecule has 19 heavy (non-hydrogen) atoms. The van der Waals surface area contributed by atoms with Gasteiger partial charge in [-0.15, -0.1) is 11.3 Å². The van der Waals surface area contributed by atoms with E-state index in [-0.39, 0.29) is 5.60 Å². The van der Waals surface area contributed by atoms with Gasteiger partial charge in [0.1, 0.15) is 0 Å². The fraction of sp³-hybridized carbons (Fsp3) is 0.733. The van der Waals surface area contributed by atoms with Gasteiger partial charge >= 0.3 is 0 Å². The summed E-state index contributed by atoms with van der Waals surface area (Å²) in [5.41, 5.74) is 1.44. The van der Waals surface area contributed by atoms with Crippen LogP contribution in [0, 0.1) is 6.92 Å². The van der Waals surface area contributed by atoms with Crippen molar-refractivity contribution in [1.82, 2.24) is 10.2 Å². The molecule has 1 aliphatic rings. The van der Waals surface area contributed by atoms with Crippen molar-refractivity contribution in [2.45, 2.75) is 52.5 Å². The van der Waals surface area contributed by atoms with Crippen molar-refractivity contribution in [2.24, 2.45) is 0 Å². The average molecular weight is 282 g/mol. The summed E-state index contributed by atoms with van der Waals surface area (Å²) in [7, 11) is 2.00. The highest BCUT2D eigenvalue weighted by Gasteiger charge is 2.31. The molecule has 1 unspecified atom stereocenters. The van der Waals surface area contributed by atoms with Crippen LogP contribution in [0.5, 0.6) is 0 Å². The first-order valence-electron chi connectivity index (χ1n) is 7.02. The lowest BCUT2D eigenvalue weighted by atomic mass is 10.0.